The van der Waals surface area contributed by atoms with E-state index in [1.54, 1.807) is 0 Å². The zero-order valence-corrected chi connectivity index (χ0v) is 18.1. The Morgan fingerprint density at radius 1 is 1.23 bits per heavy atom. The molecule has 1 amide bonds. The number of hydrogen-bond acceptors (Lipinski definition) is 6. The topological polar surface area (TPSA) is 101 Å². The van der Waals surface area contributed by atoms with Crippen LogP contribution < -0.4 is 5.32 Å². The zero-order valence-electron chi connectivity index (χ0n) is 18.1. The third kappa shape index (κ3) is 4.14. The lowest BCUT2D eigenvalue weighted by atomic mass is 9.81. The van der Waals surface area contributed by atoms with Gasteiger partial charge in [-0.2, -0.15) is 0 Å². The minimum Gasteiger partial charge on any atom is -0.480 e. The van der Waals surface area contributed by atoms with Crippen LogP contribution in [0.15, 0.2) is 23.8 Å². The molecule has 2 N–H and O–H groups in total. The number of aliphatic hydroxyl groups is 1. The Labute approximate surface area is 177 Å². The highest BCUT2D eigenvalue weighted by molar-refractivity contribution is 5.95. The summed E-state index contributed by atoms with van der Waals surface area (Å²) in [6.07, 6.45) is 9.23. The summed E-state index contributed by atoms with van der Waals surface area (Å²) in [5.74, 6) is 0.270. The fourth-order valence-corrected chi connectivity index (χ4v) is 4.96. The van der Waals surface area contributed by atoms with Crippen LogP contribution in [0.25, 0.3) is 0 Å². The Morgan fingerprint density at radius 3 is 2.60 bits per heavy atom. The van der Waals surface area contributed by atoms with Crippen molar-refractivity contribution in [1.29, 1.82) is 0 Å². The van der Waals surface area contributed by atoms with E-state index in [2.05, 4.69) is 26.1 Å². The molecular weight excluding hydrogens is 386 g/mol. The molecule has 4 aliphatic rings. The van der Waals surface area contributed by atoms with Gasteiger partial charge in [0.1, 0.15) is 30.1 Å². The van der Waals surface area contributed by atoms with Gasteiger partial charge in [-0.05, 0) is 24.3 Å². The minimum atomic E-state index is -0.903. The van der Waals surface area contributed by atoms with Gasteiger partial charge in [0.2, 0.25) is 5.91 Å². The number of unbranched alkanes of at least 4 members (excludes halogenated alkanes) is 3. The first-order valence-electron chi connectivity index (χ1n) is 11.3. The van der Waals surface area contributed by atoms with Crippen LogP contribution in [0.5, 0.6) is 0 Å². The highest BCUT2D eigenvalue weighted by Gasteiger charge is 2.79. The van der Waals surface area contributed by atoms with Crippen molar-refractivity contribution < 1.29 is 28.9 Å². The first-order valence-corrected chi connectivity index (χ1v) is 11.3. The molecule has 6 atom stereocenters. The third-order valence-electron chi connectivity index (χ3n) is 6.68. The summed E-state index contributed by atoms with van der Waals surface area (Å²) in [5, 5.41) is 13.0. The molecule has 0 radical (unpaired) electrons. The summed E-state index contributed by atoms with van der Waals surface area (Å²) >= 11 is 0. The third-order valence-corrected chi connectivity index (χ3v) is 6.68. The predicted molar refractivity (Wildman–Crippen MR) is 109 cm³/mol. The van der Waals surface area contributed by atoms with Gasteiger partial charge < -0.3 is 24.6 Å². The first-order chi connectivity index (χ1) is 14.4. The molecule has 4 rings (SSSR count). The van der Waals surface area contributed by atoms with Crippen LogP contribution in [0.1, 0.15) is 65.7 Å². The summed E-state index contributed by atoms with van der Waals surface area (Å²) in [6, 6.07) is 0. The van der Waals surface area contributed by atoms with E-state index in [0.717, 1.165) is 6.42 Å². The molecule has 1 saturated carbocycles. The van der Waals surface area contributed by atoms with Gasteiger partial charge in [-0.15, -0.1) is 0 Å². The number of fused-ring (bicyclic) bond motifs is 4. The first kappa shape index (κ1) is 21.4. The number of aliphatic hydroxyl groups excluding tert-OH is 1. The quantitative estimate of drug-likeness (QED) is 0.320. The predicted octanol–water partition coefficient (Wildman–Crippen LogP) is 3.30. The molecule has 6 unspecified atom stereocenters. The van der Waals surface area contributed by atoms with E-state index in [-0.39, 0.29) is 24.1 Å². The number of amides is 1. The van der Waals surface area contributed by atoms with E-state index in [0.29, 0.717) is 17.5 Å². The summed E-state index contributed by atoms with van der Waals surface area (Å²) in [5.41, 5.74) is -0.584. The number of allylic oxidation sites excluding steroid dienone is 1. The van der Waals surface area contributed by atoms with Gasteiger partial charge in [-0.3, -0.25) is 9.59 Å². The van der Waals surface area contributed by atoms with Crippen LogP contribution >= 0.6 is 0 Å². The maximum absolute atomic E-state index is 12.4. The molecule has 0 aromatic carbocycles. The number of nitrogens with one attached hydrogen (secondary N) is 1. The van der Waals surface area contributed by atoms with Gasteiger partial charge in [0.05, 0.1) is 0 Å². The average Bonchev–Trinajstić information content (AvgIpc) is 3.60. The van der Waals surface area contributed by atoms with E-state index in [9.17, 15) is 14.7 Å². The monoisotopic (exact) mass is 419 g/mol. The summed E-state index contributed by atoms with van der Waals surface area (Å²) in [7, 11) is 0. The van der Waals surface area contributed by atoms with Crippen molar-refractivity contribution in [3.05, 3.63) is 23.8 Å². The zero-order chi connectivity index (χ0) is 21.5. The maximum atomic E-state index is 12.4. The van der Waals surface area contributed by atoms with Crippen LogP contribution in [-0.2, 0) is 23.8 Å². The normalized spacial score (nSPS) is 35.8. The fraction of sp³-hybridized carbons (Fsp3) is 0.739. The number of carbonyl (C=O) groups excluding carboxylic acids is 2. The van der Waals surface area contributed by atoms with Crippen molar-refractivity contribution in [1.82, 2.24) is 5.32 Å². The Balaban J connectivity index is 1.23. The number of rotatable bonds is 10. The molecule has 0 bridgehead atoms. The number of Topliss-reactive ketones (excluding diaryl/α,β-unsaturated/α-hetero) is 1. The highest BCUT2D eigenvalue weighted by Crippen LogP contribution is 2.57. The largest absolute Gasteiger partial charge is 0.480 e. The lowest BCUT2D eigenvalue weighted by Crippen LogP contribution is -2.49. The van der Waals surface area contributed by atoms with Crippen molar-refractivity contribution in [2.75, 3.05) is 0 Å². The van der Waals surface area contributed by atoms with E-state index in [4.69, 9.17) is 14.2 Å². The van der Waals surface area contributed by atoms with Crippen LogP contribution in [0.3, 0.4) is 0 Å². The van der Waals surface area contributed by atoms with E-state index in [1.165, 1.54) is 38.2 Å². The van der Waals surface area contributed by atoms with Crippen molar-refractivity contribution >= 4 is 11.7 Å². The number of hydrogen-bond donors (Lipinski definition) is 2. The van der Waals surface area contributed by atoms with Crippen molar-refractivity contribution in [2.45, 2.75) is 95.7 Å². The lowest BCUT2D eigenvalue weighted by molar-refractivity contribution is -0.122. The summed E-state index contributed by atoms with van der Waals surface area (Å²) in [4.78, 5) is 24.3. The van der Waals surface area contributed by atoms with Gasteiger partial charge in [-0.25, -0.2) is 0 Å². The molecule has 3 heterocycles. The molecular formula is C23H33NO6. The second-order valence-corrected chi connectivity index (χ2v) is 9.39. The molecule has 0 aromatic rings. The molecule has 1 aliphatic carbocycles. The molecule has 3 aliphatic heterocycles. The fourth-order valence-electron chi connectivity index (χ4n) is 4.96. The van der Waals surface area contributed by atoms with Gasteiger partial charge in [-0.1, -0.05) is 59.0 Å². The minimum absolute atomic E-state index is 0.0484. The number of epoxide rings is 2. The summed E-state index contributed by atoms with van der Waals surface area (Å²) in [6.45, 7) is 6.60. The number of carbonyl (C=O) groups is 2. The second-order valence-electron chi connectivity index (χ2n) is 9.39. The van der Waals surface area contributed by atoms with Crippen LogP contribution in [0, 0.1) is 11.8 Å². The second kappa shape index (κ2) is 8.35. The smallest absolute Gasteiger partial charge is 0.298 e. The van der Waals surface area contributed by atoms with Crippen LogP contribution in [-0.4, -0.2) is 46.8 Å². The standard InChI is InChI=1S/C23H33NO6/c1-4-5-6-7-8-13(2)11-14(3)9-10-16(25)24-15-12-23(30-22(15)27)20-18(28-20)17(26)19-21(23)29-19/h9-10,13-14,18-21,27H,4-8,11-12H2,1-3H3,(H,24,25)/b10-9+. The van der Waals surface area contributed by atoms with Crippen LogP contribution in [0.4, 0.5) is 0 Å². The van der Waals surface area contributed by atoms with Gasteiger partial charge in [0.25, 0.3) is 5.95 Å². The van der Waals surface area contributed by atoms with Crippen LogP contribution in [0.2, 0.25) is 0 Å². The molecule has 2 saturated heterocycles. The lowest BCUT2D eigenvalue weighted by Gasteiger charge is -2.26. The Kier molecular flexibility index (Phi) is 5.95. The van der Waals surface area contributed by atoms with Crippen molar-refractivity contribution in [3.63, 3.8) is 0 Å². The van der Waals surface area contributed by atoms with Gasteiger partial charge >= 0.3 is 0 Å². The Hall–Kier alpha value is -1.86. The molecule has 0 aromatic heterocycles. The van der Waals surface area contributed by atoms with E-state index in [1.807, 2.05) is 6.08 Å². The van der Waals surface area contributed by atoms with Crippen molar-refractivity contribution in [2.24, 2.45) is 11.8 Å². The molecule has 166 valence electrons. The molecule has 3 fully saturated rings. The Morgan fingerprint density at radius 2 is 1.93 bits per heavy atom. The summed E-state index contributed by atoms with van der Waals surface area (Å²) < 4.78 is 16.6. The van der Waals surface area contributed by atoms with E-state index >= 15 is 0 Å². The average molecular weight is 420 g/mol. The van der Waals surface area contributed by atoms with Gasteiger partial charge in [0, 0.05) is 6.42 Å². The molecule has 7 nitrogen and oxygen atoms in total. The molecule has 30 heavy (non-hydrogen) atoms. The highest BCUT2D eigenvalue weighted by atomic mass is 16.7. The maximum Gasteiger partial charge on any atom is 0.298 e. The SMILES string of the molecule is CCCCCCC(C)CC(C)/C=C/C(=O)NC1=C(O)OC2(C1)C1OC1C(=O)C1OC12. The van der Waals surface area contributed by atoms with E-state index < -0.39 is 30.0 Å². The van der Waals surface area contributed by atoms with Crippen molar-refractivity contribution in [3.8, 4) is 0 Å². The molecule has 1 spiro atoms. The molecule has 7 heteroatoms. The number of ether oxygens (including phenoxy) is 3. The number of ketones is 1. The van der Waals surface area contributed by atoms with Gasteiger partial charge in [0.15, 0.2) is 11.4 Å². The Bertz CT molecular complexity index is 739.